The molecular weight excluding hydrogens is 204 g/mol. The molecular formula is C12H20N2O2. The number of methoxy groups -OCH3 is 1. The molecule has 0 fully saturated rings. The van der Waals surface area contributed by atoms with Gasteiger partial charge in [0.1, 0.15) is 6.04 Å². The summed E-state index contributed by atoms with van der Waals surface area (Å²) in [7, 11) is 3.40. The van der Waals surface area contributed by atoms with E-state index in [-0.39, 0.29) is 17.9 Å². The molecule has 1 atom stereocenters. The molecule has 0 bridgehead atoms. The lowest BCUT2D eigenvalue weighted by Gasteiger charge is -2.19. The lowest BCUT2D eigenvalue weighted by atomic mass is 10.0. The third-order valence-electron chi connectivity index (χ3n) is 2.68. The highest BCUT2D eigenvalue weighted by atomic mass is 16.5. The van der Waals surface area contributed by atoms with Gasteiger partial charge in [-0.05, 0) is 18.1 Å². The van der Waals surface area contributed by atoms with Crippen LogP contribution >= 0.6 is 0 Å². The van der Waals surface area contributed by atoms with Crippen LogP contribution in [0.1, 0.15) is 19.5 Å². The maximum atomic E-state index is 11.5. The number of aromatic nitrogens is 1. The smallest absolute Gasteiger partial charge is 0.323 e. The molecule has 0 spiro atoms. The average molecular weight is 224 g/mol. The van der Waals surface area contributed by atoms with Crippen LogP contribution in [0.5, 0.6) is 0 Å². The quantitative estimate of drug-likeness (QED) is 0.767. The van der Waals surface area contributed by atoms with Gasteiger partial charge >= 0.3 is 5.97 Å². The Hall–Kier alpha value is -1.29. The Labute approximate surface area is 96.6 Å². The number of nitrogens with zero attached hydrogens (tertiary/aromatic N) is 1. The van der Waals surface area contributed by atoms with Crippen molar-refractivity contribution in [3.63, 3.8) is 0 Å². The van der Waals surface area contributed by atoms with Gasteiger partial charge in [0.15, 0.2) is 0 Å². The summed E-state index contributed by atoms with van der Waals surface area (Å²) >= 11 is 0. The zero-order valence-electron chi connectivity index (χ0n) is 10.4. The SMILES string of the molecule is COC(=O)[C@@H](NCc1cccn1C)C(C)C. The molecule has 0 aliphatic rings. The molecule has 0 radical (unpaired) electrons. The first-order valence-electron chi connectivity index (χ1n) is 5.47. The van der Waals surface area contributed by atoms with Gasteiger partial charge in [-0.15, -0.1) is 0 Å². The summed E-state index contributed by atoms with van der Waals surface area (Å²) in [5.41, 5.74) is 1.15. The Morgan fingerprint density at radius 1 is 1.56 bits per heavy atom. The third kappa shape index (κ3) is 3.10. The largest absolute Gasteiger partial charge is 0.468 e. The number of carbonyl (C=O) groups excluding carboxylic acids is 1. The Bertz CT molecular complexity index is 345. The zero-order chi connectivity index (χ0) is 12.1. The van der Waals surface area contributed by atoms with Gasteiger partial charge in [-0.1, -0.05) is 13.8 Å². The molecule has 16 heavy (non-hydrogen) atoms. The molecule has 4 heteroatoms. The van der Waals surface area contributed by atoms with Gasteiger partial charge in [0, 0.05) is 25.5 Å². The van der Waals surface area contributed by atoms with Crippen LogP contribution in [0.4, 0.5) is 0 Å². The van der Waals surface area contributed by atoms with Crippen LogP contribution in [0.25, 0.3) is 0 Å². The van der Waals surface area contributed by atoms with Crippen molar-refractivity contribution in [2.45, 2.75) is 26.4 Å². The maximum absolute atomic E-state index is 11.5. The van der Waals surface area contributed by atoms with E-state index in [2.05, 4.69) is 5.32 Å². The Kier molecular flexibility index (Phi) is 4.55. The summed E-state index contributed by atoms with van der Waals surface area (Å²) in [6.07, 6.45) is 1.99. The molecule has 4 nitrogen and oxygen atoms in total. The minimum Gasteiger partial charge on any atom is -0.468 e. The standard InChI is InChI=1S/C12H20N2O2/c1-9(2)11(12(15)16-4)13-8-10-6-5-7-14(10)3/h5-7,9,11,13H,8H2,1-4H3/t11-/m0/s1. The van der Waals surface area contributed by atoms with E-state index in [9.17, 15) is 4.79 Å². The number of aryl methyl sites for hydroxylation is 1. The van der Waals surface area contributed by atoms with Crippen LogP contribution in [0.2, 0.25) is 0 Å². The predicted octanol–water partition coefficient (Wildman–Crippen LogP) is 1.31. The van der Waals surface area contributed by atoms with Crippen LogP contribution in [-0.2, 0) is 23.1 Å². The van der Waals surface area contributed by atoms with E-state index in [1.54, 1.807) is 0 Å². The first-order chi connectivity index (χ1) is 7.56. The van der Waals surface area contributed by atoms with Crippen LogP contribution in [0, 0.1) is 5.92 Å². The minimum absolute atomic E-state index is 0.204. The number of hydrogen-bond acceptors (Lipinski definition) is 3. The molecule has 1 heterocycles. The Morgan fingerprint density at radius 2 is 2.25 bits per heavy atom. The van der Waals surface area contributed by atoms with Crippen LogP contribution in [0.3, 0.4) is 0 Å². The molecule has 0 amide bonds. The van der Waals surface area contributed by atoms with Crippen molar-refractivity contribution in [1.82, 2.24) is 9.88 Å². The van der Waals surface area contributed by atoms with Gasteiger partial charge in [0.05, 0.1) is 7.11 Å². The van der Waals surface area contributed by atoms with Gasteiger partial charge in [-0.25, -0.2) is 0 Å². The van der Waals surface area contributed by atoms with Crippen molar-refractivity contribution in [3.8, 4) is 0 Å². The van der Waals surface area contributed by atoms with Crippen molar-refractivity contribution < 1.29 is 9.53 Å². The number of hydrogen-bond donors (Lipinski definition) is 1. The second-order valence-electron chi connectivity index (χ2n) is 4.24. The molecule has 1 aromatic heterocycles. The third-order valence-corrected chi connectivity index (χ3v) is 2.68. The lowest BCUT2D eigenvalue weighted by Crippen LogP contribution is -2.41. The predicted molar refractivity (Wildman–Crippen MR) is 62.9 cm³/mol. The highest BCUT2D eigenvalue weighted by Gasteiger charge is 2.22. The van der Waals surface area contributed by atoms with Gasteiger partial charge in [0.2, 0.25) is 0 Å². The monoisotopic (exact) mass is 224 g/mol. The molecule has 1 rings (SSSR count). The zero-order valence-corrected chi connectivity index (χ0v) is 10.4. The van der Waals surface area contributed by atoms with E-state index in [0.717, 1.165) is 5.69 Å². The van der Waals surface area contributed by atoms with Gasteiger partial charge in [0.25, 0.3) is 0 Å². The van der Waals surface area contributed by atoms with Crippen LogP contribution < -0.4 is 5.32 Å². The van der Waals surface area contributed by atoms with E-state index in [1.807, 2.05) is 43.8 Å². The highest BCUT2D eigenvalue weighted by Crippen LogP contribution is 2.06. The first kappa shape index (κ1) is 12.8. The summed E-state index contributed by atoms with van der Waals surface area (Å²) in [6, 6.07) is 3.76. The Balaban J connectivity index is 2.57. The van der Waals surface area contributed by atoms with Crippen molar-refractivity contribution in [1.29, 1.82) is 0 Å². The number of ether oxygens (including phenoxy) is 1. The number of nitrogens with one attached hydrogen (secondary N) is 1. The van der Waals surface area contributed by atoms with Crippen molar-refractivity contribution >= 4 is 5.97 Å². The number of rotatable bonds is 5. The van der Waals surface area contributed by atoms with Gasteiger partial charge < -0.3 is 9.30 Å². The molecule has 1 N–H and O–H groups in total. The number of carbonyl (C=O) groups is 1. The molecule has 0 aliphatic carbocycles. The number of esters is 1. The summed E-state index contributed by atoms with van der Waals surface area (Å²) < 4.78 is 6.79. The fourth-order valence-corrected chi connectivity index (χ4v) is 1.61. The van der Waals surface area contributed by atoms with Gasteiger partial charge in [-0.2, -0.15) is 0 Å². The topological polar surface area (TPSA) is 43.3 Å². The average Bonchev–Trinajstić information content (AvgIpc) is 2.64. The first-order valence-corrected chi connectivity index (χ1v) is 5.47. The molecule has 0 aromatic carbocycles. The molecule has 0 saturated carbocycles. The van der Waals surface area contributed by atoms with Crippen molar-refractivity contribution in [2.24, 2.45) is 13.0 Å². The van der Waals surface area contributed by atoms with E-state index in [0.29, 0.717) is 6.54 Å². The van der Waals surface area contributed by atoms with Crippen molar-refractivity contribution in [2.75, 3.05) is 7.11 Å². The summed E-state index contributed by atoms with van der Waals surface area (Å²) in [6.45, 7) is 4.67. The molecule has 0 saturated heterocycles. The van der Waals surface area contributed by atoms with Crippen molar-refractivity contribution in [3.05, 3.63) is 24.0 Å². The van der Waals surface area contributed by atoms with Crippen LogP contribution in [0.15, 0.2) is 18.3 Å². The fraction of sp³-hybridized carbons (Fsp3) is 0.583. The van der Waals surface area contributed by atoms with E-state index in [4.69, 9.17) is 4.74 Å². The Morgan fingerprint density at radius 3 is 2.69 bits per heavy atom. The second kappa shape index (κ2) is 5.70. The molecule has 0 aliphatic heterocycles. The van der Waals surface area contributed by atoms with Crippen LogP contribution in [-0.4, -0.2) is 23.7 Å². The second-order valence-corrected chi connectivity index (χ2v) is 4.24. The molecule has 0 unspecified atom stereocenters. The van der Waals surface area contributed by atoms with E-state index in [1.165, 1.54) is 7.11 Å². The summed E-state index contributed by atoms with van der Waals surface area (Å²) in [5, 5.41) is 3.22. The molecule has 90 valence electrons. The minimum atomic E-state index is -0.250. The lowest BCUT2D eigenvalue weighted by molar-refractivity contribution is -0.144. The maximum Gasteiger partial charge on any atom is 0.323 e. The summed E-state index contributed by atoms with van der Waals surface area (Å²) in [4.78, 5) is 11.5. The normalized spacial score (nSPS) is 12.8. The summed E-state index contributed by atoms with van der Waals surface area (Å²) in [5.74, 6) is 0.0110. The van der Waals surface area contributed by atoms with Gasteiger partial charge in [-0.3, -0.25) is 10.1 Å². The highest BCUT2D eigenvalue weighted by molar-refractivity contribution is 5.75. The molecule has 1 aromatic rings. The van der Waals surface area contributed by atoms with E-state index >= 15 is 0 Å². The fourth-order valence-electron chi connectivity index (χ4n) is 1.61. The van der Waals surface area contributed by atoms with E-state index < -0.39 is 0 Å².